The van der Waals surface area contributed by atoms with Crippen LogP contribution in [0.5, 0.6) is 0 Å². The van der Waals surface area contributed by atoms with Gasteiger partial charge in [0.2, 0.25) is 0 Å². The van der Waals surface area contributed by atoms with Crippen molar-refractivity contribution in [3.05, 3.63) is 35.9 Å². The molecule has 0 unspecified atom stereocenters. The van der Waals surface area contributed by atoms with Crippen molar-refractivity contribution in [2.45, 2.75) is 38.5 Å². The number of hydrogen-bond acceptors (Lipinski definition) is 2. The number of hydrogen-bond donors (Lipinski definition) is 1. The Morgan fingerprint density at radius 3 is 2.61 bits per heavy atom. The normalized spacial score (nSPS) is 16.7. The molecule has 0 spiro atoms. The molecule has 0 aliphatic carbocycles. The van der Waals surface area contributed by atoms with Crippen LogP contribution in [0, 0.1) is 5.92 Å². The molecule has 2 heteroatoms. The van der Waals surface area contributed by atoms with Crippen molar-refractivity contribution in [3.8, 4) is 0 Å². The summed E-state index contributed by atoms with van der Waals surface area (Å²) in [5.74, 6) is 1.09. The van der Waals surface area contributed by atoms with E-state index in [-0.39, 0.29) is 0 Å². The molecule has 1 saturated heterocycles. The van der Waals surface area contributed by atoms with E-state index < -0.39 is 0 Å². The van der Waals surface area contributed by atoms with E-state index >= 15 is 0 Å². The number of nitrogens with one attached hydrogen (secondary N) is 1. The Morgan fingerprint density at radius 2 is 1.89 bits per heavy atom. The summed E-state index contributed by atoms with van der Waals surface area (Å²) in [6, 6.07) is 10.4. The molecule has 2 rings (SSSR count). The zero-order valence-corrected chi connectivity index (χ0v) is 11.0. The summed E-state index contributed by atoms with van der Waals surface area (Å²) in [6.07, 6.45) is 5.91. The molecule has 18 heavy (non-hydrogen) atoms. The van der Waals surface area contributed by atoms with Crippen LogP contribution in [0.3, 0.4) is 0 Å². The fourth-order valence-electron chi connectivity index (χ4n) is 2.64. The lowest BCUT2D eigenvalue weighted by atomic mass is 9.91. The zero-order chi connectivity index (χ0) is 12.6. The molecule has 1 aromatic rings. The molecule has 1 aliphatic heterocycles. The van der Waals surface area contributed by atoms with Gasteiger partial charge in [-0.25, -0.2) is 0 Å². The molecular formula is C16H23NO. The predicted molar refractivity (Wildman–Crippen MR) is 74.6 cm³/mol. The molecule has 1 fully saturated rings. The van der Waals surface area contributed by atoms with Gasteiger partial charge >= 0.3 is 0 Å². The van der Waals surface area contributed by atoms with Crippen molar-refractivity contribution < 1.29 is 4.79 Å². The van der Waals surface area contributed by atoms with Crippen LogP contribution in [0.2, 0.25) is 0 Å². The average molecular weight is 245 g/mol. The Bertz CT molecular complexity index is 355. The molecule has 0 bridgehead atoms. The second-order valence-corrected chi connectivity index (χ2v) is 5.28. The highest BCUT2D eigenvalue weighted by molar-refractivity contribution is 5.78. The topological polar surface area (TPSA) is 29.1 Å². The van der Waals surface area contributed by atoms with E-state index in [4.69, 9.17) is 0 Å². The quantitative estimate of drug-likeness (QED) is 0.835. The van der Waals surface area contributed by atoms with E-state index in [9.17, 15) is 4.79 Å². The number of piperidine rings is 1. The van der Waals surface area contributed by atoms with Gasteiger partial charge in [-0.3, -0.25) is 4.79 Å². The number of carbonyl (C=O) groups excluding carboxylic acids is 1. The third kappa shape index (κ3) is 4.61. The van der Waals surface area contributed by atoms with Crippen LogP contribution < -0.4 is 5.32 Å². The van der Waals surface area contributed by atoms with Gasteiger partial charge in [0.1, 0.15) is 5.78 Å². The minimum absolute atomic E-state index is 0.456. The highest BCUT2D eigenvalue weighted by atomic mass is 16.1. The SMILES string of the molecule is O=C(CCCc1ccccc1)CC1CCNCC1. The van der Waals surface area contributed by atoms with E-state index in [0.29, 0.717) is 11.7 Å². The van der Waals surface area contributed by atoms with Crippen LogP contribution in [0.4, 0.5) is 0 Å². The second kappa shape index (κ2) is 7.32. The number of ketones is 1. The molecule has 1 aromatic carbocycles. The maximum absolute atomic E-state index is 11.9. The molecule has 1 aliphatic rings. The number of rotatable bonds is 6. The molecule has 1 N–H and O–H groups in total. The maximum atomic E-state index is 11.9. The second-order valence-electron chi connectivity index (χ2n) is 5.28. The largest absolute Gasteiger partial charge is 0.317 e. The summed E-state index contributed by atoms with van der Waals surface area (Å²) in [6.45, 7) is 2.17. The minimum atomic E-state index is 0.456. The van der Waals surface area contributed by atoms with Gasteiger partial charge in [-0.15, -0.1) is 0 Å². The van der Waals surface area contributed by atoms with Gasteiger partial charge in [0, 0.05) is 12.8 Å². The van der Waals surface area contributed by atoms with E-state index in [0.717, 1.165) is 38.8 Å². The Kier molecular flexibility index (Phi) is 5.40. The summed E-state index contributed by atoms with van der Waals surface area (Å²) < 4.78 is 0. The summed E-state index contributed by atoms with van der Waals surface area (Å²) in [5, 5.41) is 3.34. The fourth-order valence-corrected chi connectivity index (χ4v) is 2.64. The number of carbonyl (C=O) groups is 1. The number of benzene rings is 1. The first-order chi connectivity index (χ1) is 8.84. The van der Waals surface area contributed by atoms with Gasteiger partial charge < -0.3 is 5.32 Å². The van der Waals surface area contributed by atoms with Gasteiger partial charge in [0.25, 0.3) is 0 Å². The van der Waals surface area contributed by atoms with E-state index in [1.54, 1.807) is 0 Å². The van der Waals surface area contributed by atoms with E-state index in [1.807, 2.05) is 6.07 Å². The molecule has 1 heterocycles. The van der Waals surface area contributed by atoms with Crippen molar-refractivity contribution in [2.75, 3.05) is 13.1 Å². The summed E-state index contributed by atoms with van der Waals surface area (Å²) in [7, 11) is 0. The molecule has 0 atom stereocenters. The molecule has 0 aromatic heterocycles. The monoisotopic (exact) mass is 245 g/mol. The van der Waals surface area contributed by atoms with Crippen LogP contribution >= 0.6 is 0 Å². The summed E-state index contributed by atoms with van der Waals surface area (Å²) >= 11 is 0. The standard InChI is InChI=1S/C16H23NO/c18-16(13-15-9-11-17-12-10-15)8-4-7-14-5-2-1-3-6-14/h1-3,5-6,15,17H,4,7-13H2. The Morgan fingerprint density at radius 1 is 1.17 bits per heavy atom. The first kappa shape index (κ1) is 13.3. The maximum Gasteiger partial charge on any atom is 0.133 e. The Labute approximate surface area is 110 Å². The van der Waals surface area contributed by atoms with Gasteiger partial charge in [0.15, 0.2) is 0 Å². The lowest BCUT2D eigenvalue weighted by Crippen LogP contribution is -2.28. The first-order valence-corrected chi connectivity index (χ1v) is 7.11. The van der Waals surface area contributed by atoms with Crippen LogP contribution in [0.25, 0.3) is 0 Å². The first-order valence-electron chi connectivity index (χ1n) is 7.11. The minimum Gasteiger partial charge on any atom is -0.317 e. The number of aryl methyl sites for hydroxylation is 1. The predicted octanol–water partition coefficient (Wildman–Crippen LogP) is 2.97. The van der Waals surface area contributed by atoms with Crippen molar-refractivity contribution in [1.82, 2.24) is 5.32 Å². The highest BCUT2D eigenvalue weighted by Crippen LogP contribution is 2.17. The lowest BCUT2D eigenvalue weighted by molar-refractivity contribution is -0.120. The third-order valence-electron chi connectivity index (χ3n) is 3.74. The van der Waals surface area contributed by atoms with Crippen LogP contribution in [0.15, 0.2) is 30.3 Å². The number of Topliss-reactive ketones (excluding diaryl/α,β-unsaturated/α-hetero) is 1. The lowest BCUT2D eigenvalue weighted by Gasteiger charge is -2.21. The van der Waals surface area contributed by atoms with Crippen LogP contribution in [-0.4, -0.2) is 18.9 Å². The van der Waals surface area contributed by atoms with Crippen molar-refractivity contribution in [1.29, 1.82) is 0 Å². The summed E-state index contributed by atoms with van der Waals surface area (Å²) in [4.78, 5) is 11.9. The van der Waals surface area contributed by atoms with Crippen molar-refractivity contribution in [2.24, 2.45) is 5.92 Å². The molecule has 2 nitrogen and oxygen atoms in total. The molecule has 0 amide bonds. The Hall–Kier alpha value is -1.15. The third-order valence-corrected chi connectivity index (χ3v) is 3.74. The summed E-state index contributed by atoms with van der Waals surface area (Å²) in [5.41, 5.74) is 1.34. The van der Waals surface area contributed by atoms with Crippen molar-refractivity contribution in [3.63, 3.8) is 0 Å². The van der Waals surface area contributed by atoms with Gasteiger partial charge in [-0.1, -0.05) is 30.3 Å². The van der Waals surface area contributed by atoms with Crippen LogP contribution in [0.1, 0.15) is 37.7 Å². The Balaban J connectivity index is 1.62. The molecule has 0 radical (unpaired) electrons. The highest BCUT2D eigenvalue weighted by Gasteiger charge is 2.16. The van der Waals surface area contributed by atoms with Crippen LogP contribution in [-0.2, 0) is 11.2 Å². The van der Waals surface area contributed by atoms with Gasteiger partial charge in [-0.2, -0.15) is 0 Å². The van der Waals surface area contributed by atoms with E-state index in [1.165, 1.54) is 18.4 Å². The van der Waals surface area contributed by atoms with E-state index in [2.05, 4.69) is 29.6 Å². The van der Waals surface area contributed by atoms with Gasteiger partial charge in [0.05, 0.1) is 0 Å². The van der Waals surface area contributed by atoms with Crippen molar-refractivity contribution >= 4 is 5.78 Å². The fraction of sp³-hybridized carbons (Fsp3) is 0.562. The average Bonchev–Trinajstić information content (AvgIpc) is 2.41. The van der Waals surface area contributed by atoms with Gasteiger partial charge in [-0.05, 0) is 50.3 Å². The molecule has 98 valence electrons. The zero-order valence-electron chi connectivity index (χ0n) is 11.0. The molecular weight excluding hydrogens is 222 g/mol. The molecule has 0 saturated carbocycles. The smallest absolute Gasteiger partial charge is 0.133 e.